The highest BCUT2D eigenvalue weighted by Gasteiger charge is 2.07. The average Bonchev–Trinajstić information content (AvgIpc) is 3.17. The van der Waals surface area contributed by atoms with Gasteiger partial charge in [0.15, 0.2) is 0 Å². The highest BCUT2D eigenvalue weighted by molar-refractivity contribution is 5.94. The Morgan fingerprint density at radius 1 is 1.14 bits per heavy atom. The maximum atomic E-state index is 12.1. The van der Waals surface area contributed by atoms with Crippen LogP contribution in [0, 0.1) is 0 Å². The maximum Gasteiger partial charge on any atom is 0.251 e. The van der Waals surface area contributed by atoms with E-state index in [1.54, 1.807) is 6.20 Å². The van der Waals surface area contributed by atoms with Crippen molar-refractivity contribution in [2.75, 3.05) is 0 Å². The van der Waals surface area contributed by atoms with Gasteiger partial charge in [0.1, 0.15) is 5.82 Å². The van der Waals surface area contributed by atoms with E-state index in [0.29, 0.717) is 12.1 Å². The summed E-state index contributed by atoms with van der Waals surface area (Å²) in [5, 5.41) is 2.87. The summed E-state index contributed by atoms with van der Waals surface area (Å²) in [4.78, 5) is 16.3. The Morgan fingerprint density at radius 2 is 1.86 bits per heavy atom. The van der Waals surface area contributed by atoms with Crippen molar-refractivity contribution in [3.8, 4) is 5.69 Å². The van der Waals surface area contributed by atoms with Crippen LogP contribution in [0.1, 0.15) is 16.2 Å². The Morgan fingerprint density at radius 3 is 2.48 bits per heavy atom. The van der Waals surface area contributed by atoms with Gasteiger partial charge in [-0.1, -0.05) is 0 Å². The molecule has 0 bridgehead atoms. The lowest BCUT2D eigenvalue weighted by molar-refractivity contribution is 0.0949. The van der Waals surface area contributed by atoms with Crippen LogP contribution in [0.5, 0.6) is 0 Å². The van der Waals surface area contributed by atoms with Gasteiger partial charge in [-0.25, -0.2) is 4.98 Å². The topological polar surface area (TPSA) is 51.9 Å². The smallest absolute Gasteiger partial charge is 0.251 e. The van der Waals surface area contributed by atoms with Crippen LogP contribution in [0.2, 0.25) is 0 Å². The van der Waals surface area contributed by atoms with Gasteiger partial charge in [-0.3, -0.25) is 4.79 Å². The van der Waals surface area contributed by atoms with Crippen molar-refractivity contribution >= 4 is 5.91 Å². The van der Waals surface area contributed by atoms with Crippen molar-refractivity contribution in [3.63, 3.8) is 0 Å². The van der Waals surface area contributed by atoms with E-state index in [0.717, 1.165) is 11.5 Å². The average molecular weight is 280 g/mol. The third-order valence-electron chi connectivity index (χ3n) is 3.36. The Labute approximate surface area is 122 Å². The molecule has 3 rings (SSSR count). The van der Waals surface area contributed by atoms with E-state index in [4.69, 9.17) is 0 Å². The van der Waals surface area contributed by atoms with Crippen LogP contribution >= 0.6 is 0 Å². The van der Waals surface area contributed by atoms with E-state index in [2.05, 4.69) is 10.3 Å². The third kappa shape index (κ3) is 2.86. The molecule has 2 aromatic heterocycles. The number of benzene rings is 1. The summed E-state index contributed by atoms with van der Waals surface area (Å²) in [6, 6.07) is 11.4. The fraction of sp³-hybridized carbons (Fsp3) is 0.125. The Kier molecular flexibility index (Phi) is 3.55. The molecule has 0 radical (unpaired) electrons. The number of imidazole rings is 1. The van der Waals surface area contributed by atoms with Crippen molar-refractivity contribution < 1.29 is 4.79 Å². The van der Waals surface area contributed by atoms with Gasteiger partial charge in [0.2, 0.25) is 0 Å². The molecule has 0 atom stereocenters. The van der Waals surface area contributed by atoms with Crippen LogP contribution in [0.3, 0.4) is 0 Å². The number of nitrogens with zero attached hydrogens (tertiary/aromatic N) is 3. The second-order valence-electron chi connectivity index (χ2n) is 4.77. The Bertz CT molecular complexity index is 726. The first kappa shape index (κ1) is 13.2. The van der Waals surface area contributed by atoms with Crippen LogP contribution in [-0.4, -0.2) is 20.0 Å². The molecule has 0 unspecified atom stereocenters. The largest absolute Gasteiger partial charge is 0.345 e. The molecule has 0 aliphatic rings. The molecular weight excluding hydrogens is 264 g/mol. The molecule has 1 amide bonds. The molecule has 0 aliphatic heterocycles. The molecule has 21 heavy (non-hydrogen) atoms. The van der Waals surface area contributed by atoms with E-state index < -0.39 is 0 Å². The van der Waals surface area contributed by atoms with Gasteiger partial charge in [0.25, 0.3) is 5.91 Å². The van der Waals surface area contributed by atoms with Gasteiger partial charge in [0, 0.05) is 43.1 Å². The molecule has 2 heterocycles. The summed E-state index contributed by atoms with van der Waals surface area (Å²) >= 11 is 0. The van der Waals surface area contributed by atoms with Crippen LogP contribution in [0.4, 0.5) is 0 Å². The molecule has 1 N–H and O–H groups in total. The fourth-order valence-electron chi connectivity index (χ4n) is 2.12. The predicted octanol–water partition coefficient (Wildman–Crippen LogP) is 2.14. The number of aromatic nitrogens is 3. The second kappa shape index (κ2) is 5.66. The maximum absolute atomic E-state index is 12.1. The van der Waals surface area contributed by atoms with Gasteiger partial charge in [-0.05, 0) is 36.4 Å². The van der Waals surface area contributed by atoms with E-state index in [9.17, 15) is 4.79 Å². The molecule has 0 saturated carbocycles. The highest BCUT2D eigenvalue weighted by Crippen LogP contribution is 2.10. The zero-order valence-corrected chi connectivity index (χ0v) is 11.7. The summed E-state index contributed by atoms with van der Waals surface area (Å²) in [6.07, 6.45) is 7.51. The number of rotatable bonds is 4. The van der Waals surface area contributed by atoms with Crippen molar-refractivity contribution in [2.24, 2.45) is 7.05 Å². The molecule has 5 nitrogen and oxygen atoms in total. The van der Waals surface area contributed by atoms with Crippen molar-refractivity contribution in [1.29, 1.82) is 0 Å². The first-order valence-electron chi connectivity index (χ1n) is 6.72. The molecule has 5 heteroatoms. The minimum absolute atomic E-state index is 0.0999. The Balaban J connectivity index is 1.66. The molecule has 106 valence electrons. The van der Waals surface area contributed by atoms with E-state index in [-0.39, 0.29) is 5.91 Å². The lowest BCUT2D eigenvalue weighted by Crippen LogP contribution is -2.24. The molecule has 3 aromatic rings. The van der Waals surface area contributed by atoms with Gasteiger partial charge in [-0.15, -0.1) is 0 Å². The minimum atomic E-state index is -0.0999. The summed E-state index contributed by atoms with van der Waals surface area (Å²) in [5.41, 5.74) is 1.67. The number of carbonyl (C=O) groups excluding carboxylic acids is 1. The number of carbonyl (C=O) groups is 1. The zero-order chi connectivity index (χ0) is 14.7. The summed E-state index contributed by atoms with van der Waals surface area (Å²) < 4.78 is 3.88. The monoisotopic (exact) mass is 280 g/mol. The van der Waals surface area contributed by atoms with Crippen LogP contribution in [-0.2, 0) is 13.6 Å². The second-order valence-corrected chi connectivity index (χ2v) is 4.77. The summed E-state index contributed by atoms with van der Waals surface area (Å²) in [6.45, 7) is 0.418. The number of hydrogen-bond donors (Lipinski definition) is 1. The zero-order valence-electron chi connectivity index (χ0n) is 11.7. The molecule has 0 aliphatic carbocycles. The lowest BCUT2D eigenvalue weighted by atomic mass is 10.2. The van der Waals surface area contributed by atoms with Crippen LogP contribution in [0.25, 0.3) is 5.69 Å². The van der Waals surface area contributed by atoms with Crippen LogP contribution < -0.4 is 5.32 Å². The molecule has 0 saturated heterocycles. The highest BCUT2D eigenvalue weighted by atomic mass is 16.1. The molecule has 0 spiro atoms. The van der Waals surface area contributed by atoms with E-state index in [1.807, 2.05) is 71.2 Å². The van der Waals surface area contributed by atoms with Crippen molar-refractivity contribution in [2.45, 2.75) is 6.54 Å². The lowest BCUT2D eigenvalue weighted by Gasteiger charge is -2.07. The number of hydrogen-bond acceptors (Lipinski definition) is 2. The number of aryl methyl sites for hydroxylation is 1. The normalized spacial score (nSPS) is 10.5. The molecular formula is C16H16N4O. The minimum Gasteiger partial charge on any atom is -0.345 e. The van der Waals surface area contributed by atoms with Gasteiger partial charge < -0.3 is 14.5 Å². The summed E-state index contributed by atoms with van der Waals surface area (Å²) in [5.74, 6) is 0.726. The van der Waals surface area contributed by atoms with Crippen molar-refractivity contribution in [1.82, 2.24) is 19.4 Å². The fourth-order valence-corrected chi connectivity index (χ4v) is 2.12. The third-order valence-corrected chi connectivity index (χ3v) is 3.36. The van der Waals surface area contributed by atoms with Crippen molar-refractivity contribution in [3.05, 3.63) is 72.6 Å². The molecule has 1 aromatic carbocycles. The first-order chi connectivity index (χ1) is 10.2. The van der Waals surface area contributed by atoms with E-state index >= 15 is 0 Å². The van der Waals surface area contributed by atoms with Gasteiger partial charge in [0.05, 0.1) is 6.54 Å². The standard InChI is InChI=1S/C16H16N4O/c1-19-11-8-17-15(19)12-18-16(21)13-4-6-14(7-5-13)20-9-2-3-10-20/h2-11H,12H2,1H3,(H,18,21). The predicted molar refractivity (Wildman–Crippen MR) is 80.1 cm³/mol. The number of amides is 1. The SMILES string of the molecule is Cn1ccnc1CNC(=O)c1ccc(-n2cccc2)cc1. The van der Waals surface area contributed by atoms with Gasteiger partial charge in [-0.2, -0.15) is 0 Å². The molecule has 0 fully saturated rings. The number of nitrogens with one attached hydrogen (secondary N) is 1. The Hall–Kier alpha value is -2.82. The van der Waals surface area contributed by atoms with E-state index in [1.165, 1.54) is 0 Å². The first-order valence-corrected chi connectivity index (χ1v) is 6.72. The van der Waals surface area contributed by atoms with Gasteiger partial charge >= 0.3 is 0 Å². The van der Waals surface area contributed by atoms with Crippen LogP contribution in [0.15, 0.2) is 61.2 Å². The summed E-state index contributed by atoms with van der Waals surface area (Å²) in [7, 11) is 1.90. The quantitative estimate of drug-likeness (QED) is 0.796.